The van der Waals surface area contributed by atoms with Gasteiger partial charge in [0.25, 0.3) is 5.56 Å². The van der Waals surface area contributed by atoms with Crippen LogP contribution in [0.3, 0.4) is 0 Å². The SMILES string of the molecule is CCC(C)n1c(=O)[nH]c2c(c1=O)CCC2. The Morgan fingerprint density at radius 2 is 2.13 bits per heavy atom. The van der Waals surface area contributed by atoms with Gasteiger partial charge in [0.05, 0.1) is 0 Å². The van der Waals surface area contributed by atoms with Crippen molar-refractivity contribution in [2.45, 2.75) is 45.6 Å². The molecule has 4 heteroatoms. The number of aromatic amines is 1. The normalized spacial score (nSPS) is 16.4. The first-order valence-corrected chi connectivity index (χ1v) is 5.51. The summed E-state index contributed by atoms with van der Waals surface area (Å²) in [6, 6.07) is -0.0212. The minimum Gasteiger partial charge on any atom is -0.311 e. The van der Waals surface area contributed by atoms with E-state index in [4.69, 9.17) is 0 Å². The highest BCUT2D eigenvalue weighted by atomic mass is 16.2. The van der Waals surface area contributed by atoms with Crippen molar-refractivity contribution in [3.05, 3.63) is 32.1 Å². The molecule has 0 bridgehead atoms. The van der Waals surface area contributed by atoms with E-state index in [-0.39, 0.29) is 17.3 Å². The minimum absolute atomic E-state index is 0.0212. The maximum atomic E-state index is 12.0. The number of rotatable bonds is 2. The molecule has 0 saturated heterocycles. The van der Waals surface area contributed by atoms with Crippen molar-refractivity contribution < 1.29 is 0 Å². The lowest BCUT2D eigenvalue weighted by Gasteiger charge is -2.12. The van der Waals surface area contributed by atoms with E-state index in [9.17, 15) is 9.59 Å². The summed E-state index contributed by atoms with van der Waals surface area (Å²) in [6.07, 6.45) is 3.41. The van der Waals surface area contributed by atoms with Crippen LogP contribution in [-0.2, 0) is 12.8 Å². The van der Waals surface area contributed by atoms with Crippen molar-refractivity contribution in [2.24, 2.45) is 0 Å². The molecule has 1 aromatic heterocycles. The molecule has 1 aliphatic rings. The molecule has 1 aromatic rings. The molecule has 1 unspecified atom stereocenters. The Morgan fingerprint density at radius 3 is 2.80 bits per heavy atom. The average Bonchev–Trinajstić information content (AvgIpc) is 2.65. The summed E-state index contributed by atoms with van der Waals surface area (Å²) in [4.78, 5) is 26.6. The van der Waals surface area contributed by atoms with Gasteiger partial charge in [0.1, 0.15) is 0 Å². The topological polar surface area (TPSA) is 54.9 Å². The molecule has 1 N–H and O–H groups in total. The van der Waals surface area contributed by atoms with Crippen molar-refractivity contribution in [3.8, 4) is 0 Å². The summed E-state index contributed by atoms with van der Waals surface area (Å²) in [5, 5.41) is 0. The predicted molar refractivity (Wildman–Crippen MR) is 58.3 cm³/mol. The van der Waals surface area contributed by atoms with E-state index in [1.54, 1.807) is 0 Å². The maximum Gasteiger partial charge on any atom is 0.328 e. The average molecular weight is 208 g/mol. The van der Waals surface area contributed by atoms with Gasteiger partial charge in [-0.15, -0.1) is 0 Å². The number of hydrogen-bond donors (Lipinski definition) is 1. The van der Waals surface area contributed by atoms with Crippen LogP contribution >= 0.6 is 0 Å². The molecule has 0 amide bonds. The standard InChI is InChI=1S/C11H16N2O2/c1-3-7(2)13-10(14)8-5-4-6-9(8)12-11(13)15/h7H,3-6H2,1-2H3,(H,12,15). The van der Waals surface area contributed by atoms with Gasteiger partial charge in [-0.1, -0.05) is 6.92 Å². The smallest absolute Gasteiger partial charge is 0.311 e. The molecule has 0 aromatic carbocycles. The number of fused-ring (bicyclic) bond motifs is 1. The third-order valence-electron chi connectivity index (χ3n) is 3.20. The lowest BCUT2D eigenvalue weighted by molar-refractivity contribution is 0.486. The molecule has 1 aliphatic carbocycles. The van der Waals surface area contributed by atoms with Gasteiger partial charge in [-0.05, 0) is 32.6 Å². The van der Waals surface area contributed by atoms with Gasteiger partial charge >= 0.3 is 5.69 Å². The molecule has 0 radical (unpaired) electrons. The van der Waals surface area contributed by atoms with Crippen molar-refractivity contribution in [2.75, 3.05) is 0 Å². The van der Waals surface area contributed by atoms with E-state index < -0.39 is 0 Å². The number of nitrogens with one attached hydrogen (secondary N) is 1. The predicted octanol–water partition coefficient (Wildman–Crippen LogP) is 0.996. The lowest BCUT2D eigenvalue weighted by atomic mass is 10.2. The minimum atomic E-state index is -0.255. The van der Waals surface area contributed by atoms with Gasteiger partial charge < -0.3 is 4.98 Å². The number of hydrogen-bond acceptors (Lipinski definition) is 2. The highest BCUT2D eigenvalue weighted by molar-refractivity contribution is 5.22. The lowest BCUT2D eigenvalue weighted by Crippen LogP contribution is -2.39. The highest BCUT2D eigenvalue weighted by Crippen LogP contribution is 2.15. The largest absolute Gasteiger partial charge is 0.328 e. The second kappa shape index (κ2) is 3.68. The van der Waals surface area contributed by atoms with Crippen LogP contribution in [0.5, 0.6) is 0 Å². The Balaban J connectivity index is 2.67. The molecular formula is C11H16N2O2. The Hall–Kier alpha value is -1.32. The molecule has 0 spiro atoms. The first-order valence-electron chi connectivity index (χ1n) is 5.51. The fourth-order valence-corrected chi connectivity index (χ4v) is 2.13. The summed E-state index contributed by atoms with van der Waals surface area (Å²) in [5.41, 5.74) is 1.33. The van der Waals surface area contributed by atoms with Gasteiger partial charge in [0, 0.05) is 17.3 Å². The fraction of sp³-hybridized carbons (Fsp3) is 0.636. The summed E-state index contributed by atoms with van der Waals surface area (Å²) in [7, 11) is 0. The Morgan fingerprint density at radius 1 is 1.40 bits per heavy atom. The number of aryl methyl sites for hydroxylation is 1. The molecule has 0 fully saturated rings. The van der Waals surface area contributed by atoms with Gasteiger partial charge in [0.2, 0.25) is 0 Å². The summed E-state index contributed by atoms with van der Waals surface area (Å²) >= 11 is 0. The number of H-pyrrole nitrogens is 1. The van der Waals surface area contributed by atoms with E-state index in [0.29, 0.717) is 0 Å². The van der Waals surface area contributed by atoms with E-state index >= 15 is 0 Å². The second-order valence-corrected chi connectivity index (χ2v) is 4.17. The summed E-state index contributed by atoms with van der Waals surface area (Å²) in [5.74, 6) is 0. The van der Waals surface area contributed by atoms with Gasteiger partial charge in [0.15, 0.2) is 0 Å². The second-order valence-electron chi connectivity index (χ2n) is 4.17. The van der Waals surface area contributed by atoms with Crippen LogP contribution in [0.1, 0.15) is 44.0 Å². The molecule has 15 heavy (non-hydrogen) atoms. The van der Waals surface area contributed by atoms with Crippen molar-refractivity contribution in [1.82, 2.24) is 9.55 Å². The number of nitrogens with zero attached hydrogens (tertiary/aromatic N) is 1. The first-order chi connectivity index (χ1) is 7.15. The number of aromatic nitrogens is 2. The molecular weight excluding hydrogens is 192 g/mol. The molecule has 1 atom stereocenters. The van der Waals surface area contributed by atoms with E-state index in [2.05, 4.69) is 4.98 Å². The zero-order valence-electron chi connectivity index (χ0n) is 9.17. The van der Waals surface area contributed by atoms with Gasteiger partial charge in [-0.3, -0.25) is 9.36 Å². The molecule has 0 saturated carbocycles. The van der Waals surface area contributed by atoms with Crippen molar-refractivity contribution in [3.63, 3.8) is 0 Å². The van der Waals surface area contributed by atoms with E-state index in [1.807, 2.05) is 13.8 Å². The van der Waals surface area contributed by atoms with Crippen LogP contribution in [0.2, 0.25) is 0 Å². The molecule has 1 heterocycles. The van der Waals surface area contributed by atoms with Crippen LogP contribution in [-0.4, -0.2) is 9.55 Å². The third kappa shape index (κ3) is 1.54. The fourth-order valence-electron chi connectivity index (χ4n) is 2.13. The maximum absolute atomic E-state index is 12.0. The molecule has 4 nitrogen and oxygen atoms in total. The van der Waals surface area contributed by atoms with Crippen molar-refractivity contribution in [1.29, 1.82) is 0 Å². The quantitative estimate of drug-likeness (QED) is 0.788. The van der Waals surface area contributed by atoms with Gasteiger partial charge in [-0.25, -0.2) is 4.79 Å². The Kier molecular flexibility index (Phi) is 2.50. The molecule has 0 aliphatic heterocycles. The first kappa shape index (κ1) is 10.2. The monoisotopic (exact) mass is 208 g/mol. The van der Waals surface area contributed by atoms with Crippen LogP contribution < -0.4 is 11.2 Å². The van der Waals surface area contributed by atoms with Crippen LogP contribution in [0.25, 0.3) is 0 Å². The highest BCUT2D eigenvalue weighted by Gasteiger charge is 2.20. The van der Waals surface area contributed by atoms with Crippen molar-refractivity contribution >= 4 is 0 Å². The Labute approximate surface area is 88.0 Å². The van der Waals surface area contributed by atoms with E-state index in [1.165, 1.54) is 4.57 Å². The van der Waals surface area contributed by atoms with E-state index in [0.717, 1.165) is 36.9 Å². The van der Waals surface area contributed by atoms with Crippen LogP contribution in [0.4, 0.5) is 0 Å². The van der Waals surface area contributed by atoms with Crippen LogP contribution in [0.15, 0.2) is 9.59 Å². The summed E-state index contributed by atoms with van der Waals surface area (Å²) in [6.45, 7) is 3.88. The van der Waals surface area contributed by atoms with Gasteiger partial charge in [-0.2, -0.15) is 0 Å². The molecule has 2 rings (SSSR count). The Bertz CT molecular complexity index is 484. The zero-order valence-corrected chi connectivity index (χ0v) is 9.17. The third-order valence-corrected chi connectivity index (χ3v) is 3.20. The summed E-state index contributed by atoms with van der Waals surface area (Å²) < 4.78 is 1.35. The van der Waals surface area contributed by atoms with Crippen LogP contribution in [0, 0.1) is 0 Å². The molecule has 82 valence electrons. The zero-order chi connectivity index (χ0) is 11.0.